The SMILES string of the molecule is CCC(C)(Oc1cccc(Cn2c(C)c(C(=O)c3ccc(OC)cc3)c3ccc(OC(F)(F)F)cc32)c1)C(=O)[O-].[Na+]. The molecule has 0 amide bonds. The van der Waals surface area contributed by atoms with Gasteiger partial charge in [0.2, 0.25) is 0 Å². The Morgan fingerprint density at radius 2 is 1.56 bits per heavy atom. The molecule has 210 valence electrons. The first kappa shape index (κ1) is 32.0. The van der Waals surface area contributed by atoms with Gasteiger partial charge in [-0.2, -0.15) is 0 Å². The third-order valence-corrected chi connectivity index (χ3v) is 6.80. The van der Waals surface area contributed by atoms with Crippen LogP contribution in [0.25, 0.3) is 10.9 Å². The fraction of sp³-hybridized carbons (Fsp3) is 0.267. The van der Waals surface area contributed by atoms with Crippen LogP contribution in [-0.2, 0) is 11.3 Å². The first-order valence-corrected chi connectivity index (χ1v) is 12.4. The zero-order valence-corrected chi connectivity index (χ0v) is 25.3. The van der Waals surface area contributed by atoms with Gasteiger partial charge in [0, 0.05) is 29.3 Å². The molecule has 4 aromatic rings. The average Bonchev–Trinajstić information content (AvgIpc) is 3.17. The average molecular weight is 578 g/mol. The summed E-state index contributed by atoms with van der Waals surface area (Å²) in [6.07, 6.45) is -4.72. The largest absolute Gasteiger partial charge is 1.00 e. The molecule has 3 aromatic carbocycles. The number of halogens is 3. The number of alkyl halides is 3. The molecule has 0 saturated carbocycles. The van der Waals surface area contributed by atoms with E-state index in [1.54, 1.807) is 66.9 Å². The number of aromatic nitrogens is 1. The molecule has 11 heteroatoms. The molecule has 1 unspecified atom stereocenters. The number of carboxylic acids is 1. The predicted molar refractivity (Wildman–Crippen MR) is 140 cm³/mol. The van der Waals surface area contributed by atoms with E-state index in [1.807, 2.05) is 0 Å². The molecule has 0 aliphatic carbocycles. The normalized spacial score (nSPS) is 12.8. The van der Waals surface area contributed by atoms with Crippen molar-refractivity contribution in [1.29, 1.82) is 0 Å². The summed E-state index contributed by atoms with van der Waals surface area (Å²) in [5.41, 5.74) is 0.725. The van der Waals surface area contributed by atoms with E-state index in [0.29, 0.717) is 39.0 Å². The Balaban J connectivity index is 0.00000462. The molecular formula is C30H27F3NNaO6. The molecule has 1 heterocycles. The maximum Gasteiger partial charge on any atom is 1.00 e. The molecule has 0 N–H and O–H groups in total. The van der Waals surface area contributed by atoms with E-state index < -0.39 is 23.7 Å². The van der Waals surface area contributed by atoms with Crippen LogP contribution in [0.1, 0.15) is 47.4 Å². The van der Waals surface area contributed by atoms with Gasteiger partial charge >= 0.3 is 35.9 Å². The van der Waals surface area contributed by atoms with E-state index in [0.717, 1.165) is 0 Å². The van der Waals surface area contributed by atoms with Gasteiger partial charge in [0.1, 0.15) is 22.8 Å². The van der Waals surface area contributed by atoms with Crippen molar-refractivity contribution in [2.24, 2.45) is 0 Å². The second-order valence-corrected chi connectivity index (χ2v) is 9.45. The molecule has 0 spiro atoms. The van der Waals surface area contributed by atoms with Crippen molar-refractivity contribution < 1.29 is 71.6 Å². The Kier molecular flexibility index (Phi) is 9.84. The number of ether oxygens (including phenoxy) is 3. The van der Waals surface area contributed by atoms with Gasteiger partial charge < -0.3 is 28.7 Å². The Morgan fingerprint density at radius 3 is 2.15 bits per heavy atom. The van der Waals surface area contributed by atoms with Gasteiger partial charge in [-0.1, -0.05) is 19.1 Å². The number of rotatable bonds is 10. The molecule has 41 heavy (non-hydrogen) atoms. The Bertz CT molecular complexity index is 1570. The summed E-state index contributed by atoms with van der Waals surface area (Å²) in [5, 5.41) is 12.1. The number of nitrogens with zero attached hydrogens (tertiary/aromatic N) is 1. The molecule has 0 saturated heterocycles. The summed E-state index contributed by atoms with van der Waals surface area (Å²) in [5.74, 6) is -1.22. The fourth-order valence-electron chi connectivity index (χ4n) is 4.44. The second kappa shape index (κ2) is 12.6. The zero-order chi connectivity index (χ0) is 29.2. The zero-order valence-electron chi connectivity index (χ0n) is 23.3. The van der Waals surface area contributed by atoms with Crippen molar-refractivity contribution in [3.05, 3.63) is 89.1 Å². The minimum Gasteiger partial charge on any atom is -0.546 e. The molecule has 0 aliphatic rings. The number of fused-ring (bicyclic) bond motifs is 1. The standard InChI is InChI=1S/C30H28F3NO6.Na/c1-5-29(3,28(36)37)39-22-8-6-7-19(15-22)17-34-18(2)26(27(35)20-9-11-21(38-4)12-10-20)24-14-13-23(16-25(24)34)40-30(31,32)33;/h6-16H,5,17H2,1-4H3,(H,36,37);/q;+1/p-1. The monoisotopic (exact) mass is 577 g/mol. The number of hydrogen-bond acceptors (Lipinski definition) is 6. The van der Waals surface area contributed by atoms with Gasteiger partial charge in [0.25, 0.3) is 0 Å². The predicted octanol–water partition coefficient (Wildman–Crippen LogP) is 2.44. The van der Waals surface area contributed by atoms with Gasteiger partial charge in [0.05, 0.1) is 24.2 Å². The minimum absolute atomic E-state index is 0. The van der Waals surface area contributed by atoms with Crippen molar-refractivity contribution in [2.75, 3.05) is 7.11 Å². The van der Waals surface area contributed by atoms with Crippen LogP contribution in [0.2, 0.25) is 0 Å². The summed E-state index contributed by atoms with van der Waals surface area (Å²) in [7, 11) is 1.51. The van der Waals surface area contributed by atoms with Gasteiger partial charge in [-0.05, 0) is 74.4 Å². The van der Waals surface area contributed by atoms with E-state index in [4.69, 9.17) is 9.47 Å². The summed E-state index contributed by atoms with van der Waals surface area (Å²) >= 11 is 0. The number of carboxylic acid groups (broad SMARTS) is 1. The molecule has 4 rings (SSSR count). The molecule has 0 radical (unpaired) electrons. The van der Waals surface area contributed by atoms with Crippen LogP contribution in [0, 0.1) is 6.92 Å². The van der Waals surface area contributed by atoms with Gasteiger partial charge in [-0.15, -0.1) is 13.2 Å². The van der Waals surface area contributed by atoms with Crippen molar-refractivity contribution in [3.8, 4) is 17.2 Å². The Morgan fingerprint density at radius 1 is 0.927 bits per heavy atom. The van der Waals surface area contributed by atoms with Crippen LogP contribution < -0.4 is 48.9 Å². The maximum absolute atomic E-state index is 13.6. The van der Waals surface area contributed by atoms with Crippen molar-refractivity contribution in [3.63, 3.8) is 0 Å². The van der Waals surface area contributed by atoms with Crippen LogP contribution in [0.4, 0.5) is 13.2 Å². The number of hydrogen-bond donors (Lipinski definition) is 0. The van der Waals surface area contributed by atoms with E-state index in [-0.39, 0.29) is 54.1 Å². The number of benzene rings is 3. The summed E-state index contributed by atoms with van der Waals surface area (Å²) in [6.45, 7) is 4.94. The van der Waals surface area contributed by atoms with Crippen LogP contribution >= 0.6 is 0 Å². The van der Waals surface area contributed by atoms with Crippen LogP contribution in [0.15, 0.2) is 66.7 Å². The second-order valence-electron chi connectivity index (χ2n) is 9.45. The number of aliphatic carboxylic acids is 1. The molecule has 0 aliphatic heterocycles. The third-order valence-electron chi connectivity index (χ3n) is 6.80. The van der Waals surface area contributed by atoms with Crippen LogP contribution in [0.5, 0.6) is 17.2 Å². The summed E-state index contributed by atoms with van der Waals surface area (Å²) < 4.78 is 55.7. The fourth-order valence-corrected chi connectivity index (χ4v) is 4.44. The number of methoxy groups -OCH3 is 1. The molecule has 0 bridgehead atoms. The van der Waals surface area contributed by atoms with E-state index in [9.17, 15) is 27.9 Å². The third kappa shape index (κ3) is 7.06. The quantitative estimate of drug-likeness (QED) is 0.213. The van der Waals surface area contributed by atoms with Crippen LogP contribution in [0.3, 0.4) is 0 Å². The number of ketones is 1. The summed E-state index contributed by atoms with van der Waals surface area (Å²) in [4.78, 5) is 25.2. The first-order chi connectivity index (χ1) is 18.8. The van der Waals surface area contributed by atoms with Gasteiger partial charge in [-0.25, -0.2) is 0 Å². The topological polar surface area (TPSA) is 89.8 Å². The molecule has 7 nitrogen and oxygen atoms in total. The molecule has 1 atom stereocenters. The summed E-state index contributed by atoms with van der Waals surface area (Å²) in [6, 6.07) is 17.1. The Labute approximate surface area is 257 Å². The van der Waals surface area contributed by atoms with E-state index in [1.165, 1.54) is 32.2 Å². The number of carbonyl (C=O) groups excluding carboxylic acids is 2. The first-order valence-electron chi connectivity index (χ1n) is 12.4. The molecular weight excluding hydrogens is 550 g/mol. The van der Waals surface area contributed by atoms with Crippen molar-refractivity contribution in [1.82, 2.24) is 4.57 Å². The van der Waals surface area contributed by atoms with Gasteiger partial charge in [0.15, 0.2) is 5.78 Å². The maximum atomic E-state index is 13.6. The van der Waals surface area contributed by atoms with Crippen molar-refractivity contribution >= 4 is 22.7 Å². The Hall–Kier alpha value is -3.47. The van der Waals surface area contributed by atoms with Crippen molar-refractivity contribution in [2.45, 2.75) is 45.7 Å². The smallest absolute Gasteiger partial charge is 0.546 e. The molecule has 0 fully saturated rings. The van der Waals surface area contributed by atoms with Gasteiger partial charge in [-0.3, -0.25) is 4.79 Å². The molecule has 1 aromatic heterocycles. The van der Waals surface area contributed by atoms with Crippen LogP contribution in [-0.4, -0.2) is 35.4 Å². The number of carbonyl (C=O) groups is 2. The van der Waals surface area contributed by atoms with E-state index in [2.05, 4.69) is 4.74 Å². The van der Waals surface area contributed by atoms with E-state index >= 15 is 0 Å². The minimum atomic E-state index is -4.89.